The van der Waals surface area contributed by atoms with Crippen molar-refractivity contribution in [1.29, 1.82) is 0 Å². The van der Waals surface area contributed by atoms with E-state index in [2.05, 4.69) is 29.6 Å². The smallest absolute Gasteiger partial charge is 0.407 e. The van der Waals surface area contributed by atoms with Gasteiger partial charge in [-0.3, -0.25) is 9.59 Å². The number of aliphatic carboxylic acids is 1. The molecule has 0 fully saturated rings. The number of carbonyl (C=O) groups is 3. The van der Waals surface area contributed by atoms with Gasteiger partial charge in [-0.2, -0.15) is 0 Å². The summed E-state index contributed by atoms with van der Waals surface area (Å²) in [5.41, 5.74) is 4.70. The Morgan fingerprint density at radius 2 is 1.62 bits per heavy atom. The fraction of sp³-hybridized carbons (Fsp3) is 0.400. The Bertz CT molecular complexity index is 929. The van der Waals surface area contributed by atoms with Crippen molar-refractivity contribution in [3.63, 3.8) is 0 Å². The summed E-state index contributed by atoms with van der Waals surface area (Å²) in [5, 5.41) is 11.5. The van der Waals surface area contributed by atoms with Gasteiger partial charge in [0.1, 0.15) is 6.61 Å². The third-order valence-corrected chi connectivity index (χ3v) is 5.82. The van der Waals surface area contributed by atoms with Gasteiger partial charge in [-0.05, 0) is 42.0 Å². The minimum absolute atomic E-state index is 0.0161. The number of hydrogen-bond donors (Lipinski definition) is 2. The fourth-order valence-electron chi connectivity index (χ4n) is 4.05. The van der Waals surface area contributed by atoms with Crippen LogP contribution in [0, 0.1) is 0 Å². The van der Waals surface area contributed by atoms with Crippen molar-refractivity contribution in [2.24, 2.45) is 0 Å². The number of amides is 2. The number of carboxylic acids is 1. The van der Waals surface area contributed by atoms with Gasteiger partial charge in [-0.1, -0.05) is 48.5 Å². The Hall–Kier alpha value is -3.35. The summed E-state index contributed by atoms with van der Waals surface area (Å²) in [6.45, 7) is 2.33. The highest BCUT2D eigenvalue weighted by atomic mass is 16.5. The topological polar surface area (TPSA) is 95.9 Å². The molecule has 170 valence electrons. The summed E-state index contributed by atoms with van der Waals surface area (Å²) in [6.07, 6.45) is 1.00. The van der Waals surface area contributed by atoms with Gasteiger partial charge in [0.15, 0.2) is 0 Å². The van der Waals surface area contributed by atoms with E-state index in [0.717, 1.165) is 0 Å². The van der Waals surface area contributed by atoms with Crippen LogP contribution in [0.25, 0.3) is 11.1 Å². The van der Waals surface area contributed by atoms with Gasteiger partial charge in [0.05, 0.1) is 6.42 Å². The van der Waals surface area contributed by atoms with Crippen LogP contribution in [0.15, 0.2) is 48.5 Å². The van der Waals surface area contributed by atoms with Crippen molar-refractivity contribution in [3.05, 3.63) is 59.7 Å². The molecule has 2 aromatic rings. The zero-order valence-corrected chi connectivity index (χ0v) is 18.5. The van der Waals surface area contributed by atoms with Crippen molar-refractivity contribution >= 4 is 18.0 Å². The summed E-state index contributed by atoms with van der Waals surface area (Å²) in [5.74, 6) is -1.01. The Balaban J connectivity index is 1.42. The maximum atomic E-state index is 12.3. The number of nitrogens with zero attached hydrogens (tertiary/aromatic N) is 1. The van der Waals surface area contributed by atoms with E-state index in [1.54, 1.807) is 7.05 Å². The van der Waals surface area contributed by atoms with Gasteiger partial charge < -0.3 is 20.1 Å². The van der Waals surface area contributed by atoms with Crippen molar-refractivity contribution in [2.75, 3.05) is 20.2 Å². The number of hydrogen-bond acceptors (Lipinski definition) is 4. The van der Waals surface area contributed by atoms with Crippen LogP contribution in [0.2, 0.25) is 0 Å². The van der Waals surface area contributed by atoms with E-state index < -0.39 is 12.1 Å². The Morgan fingerprint density at radius 3 is 2.22 bits per heavy atom. The van der Waals surface area contributed by atoms with E-state index >= 15 is 0 Å². The quantitative estimate of drug-likeness (QED) is 0.584. The first kappa shape index (κ1) is 23.3. The molecule has 0 spiro atoms. The van der Waals surface area contributed by atoms with Crippen molar-refractivity contribution < 1.29 is 24.2 Å². The molecule has 2 N–H and O–H groups in total. The number of rotatable bonds is 10. The molecule has 7 heteroatoms. The summed E-state index contributed by atoms with van der Waals surface area (Å²) in [6, 6.07) is 16.2. The van der Waals surface area contributed by atoms with E-state index in [0.29, 0.717) is 19.3 Å². The predicted octanol–water partition coefficient (Wildman–Crippen LogP) is 4.02. The number of fused-ring (bicyclic) bond motifs is 3. The average molecular weight is 439 g/mol. The second-order valence-corrected chi connectivity index (χ2v) is 8.22. The van der Waals surface area contributed by atoms with Crippen LogP contribution in [-0.2, 0) is 14.3 Å². The summed E-state index contributed by atoms with van der Waals surface area (Å²) < 4.78 is 5.55. The number of alkyl carbamates (subject to hydrolysis) is 1. The predicted molar refractivity (Wildman–Crippen MR) is 121 cm³/mol. The van der Waals surface area contributed by atoms with Crippen molar-refractivity contribution in [2.45, 2.75) is 44.6 Å². The third-order valence-electron chi connectivity index (χ3n) is 5.82. The highest BCUT2D eigenvalue weighted by Crippen LogP contribution is 2.44. The second-order valence-electron chi connectivity index (χ2n) is 8.22. The summed E-state index contributed by atoms with van der Waals surface area (Å²) >= 11 is 0. The number of carboxylic acid groups (broad SMARTS) is 1. The van der Waals surface area contributed by atoms with E-state index in [4.69, 9.17) is 9.84 Å². The third kappa shape index (κ3) is 5.87. The van der Waals surface area contributed by atoms with Crippen LogP contribution in [0.4, 0.5) is 4.79 Å². The largest absolute Gasteiger partial charge is 0.481 e. The van der Waals surface area contributed by atoms with Gasteiger partial charge in [-0.15, -0.1) is 0 Å². The van der Waals surface area contributed by atoms with Gasteiger partial charge in [-0.25, -0.2) is 4.79 Å². The molecule has 1 unspecified atom stereocenters. The first-order valence-electron chi connectivity index (χ1n) is 10.9. The van der Waals surface area contributed by atoms with Gasteiger partial charge in [0.25, 0.3) is 0 Å². The zero-order chi connectivity index (χ0) is 23.1. The second kappa shape index (κ2) is 10.8. The lowest BCUT2D eigenvalue weighted by atomic mass is 9.98. The van der Waals surface area contributed by atoms with E-state index in [9.17, 15) is 14.4 Å². The fourth-order valence-corrected chi connectivity index (χ4v) is 4.05. The SMILES string of the molecule is CC(CCCC(=O)N(C)CCC(=O)O)NC(=O)OCC1c2ccccc2-c2ccccc21. The van der Waals surface area contributed by atoms with Crippen LogP contribution in [-0.4, -0.2) is 54.2 Å². The molecule has 32 heavy (non-hydrogen) atoms. The van der Waals surface area contributed by atoms with Crippen molar-refractivity contribution in [3.8, 4) is 11.1 Å². The van der Waals surface area contributed by atoms with Crippen LogP contribution in [0.1, 0.15) is 49.7 Å². The minimum Gasteiger partial charge on any atom is -0.481 e. The molecule has 3 rings (SSSR count). The monoisotopic (exact) mass is 438 g/mol. The molecule has 1 aliphatic rings. The molecule has 0 aromatic heterocycles. The van der Waals surface area contributed by atoms with Crippen molar-refractivity contribution in [1.82, 2.24) is 10.2 Å². The number of benzene rings is 2. The molecule has 0 radical (unpaired) electrons. The lowest BCUT2D eigenvalue weighted by Crippen LogP contribution is -2.34. The molecule has 0 saturated heterocycles. The first-order valence-corrected chi connectivity index (χ1v) is 10.9. The van der Waals surface area contributed by atoms with Crippen LogP contribution < -0.4 is 5.32 Å². The van der Waals surface area contributed by atoms with Crippen LogP contribution >= 0.6 is 0 Å². The van der Waals surface area contributed by atoms with E-state index in [1.165, 1.54) is 27.2 Å². The molecule has 2 amide bonds. The summed E-state index contributed by atoms with van der Waals surface area (Å²) in [7, 11) is 1.60. The number of nitrogens with one attached hydrogen (secondary N) is 1. The first-order chi connectivity index (χ1) is 15.4. The van der Waals surface area contributed by atoms with E-state index in [1.807, 2.05) is 31.2 Å². The maximum Gasteiger partial charge on any atom is 0.407 e. The Kier molecular flexibility index (Phi) is 7.87. The average Bonchev–Trinajstić information content (AvgIpc) is 3.09. The highest BCUT2D eigenvalue weighted by molar-refractivity contribution is 5.79. The molecule has 0 saturated carbocycles. The zero-order valence-electron chi connectivity index (χ0n) is 18.5. The van der Waals surface area contributed by atoms with Crippen LogP contribution in [0.3, 0.4) is 0 Å². The number of ether oxygens (including phenoxy) is 1. The van der Waals surface area contributed by atoms with Crippen LogP contribution in [0.5, 0.6) is 0 Å². The molecule has 0 aliphatic heterocycles. The normalized spacial score (nSPS) is 13.1. The Labute approximate surface area is 188 Å². The molecule has 0 heterocycles. The molecule has 0 bridgehead atoms. The molecule has 1 aliphatic carbocycles. The molecule has 2 aromatic carbocycles. The molecular weight excluding hydrogens is 408 g/mol. The standard InChI is InChI=1S/C25H30N2O5/c1-17(8-7-13-23(28)27(2)15-14-24(29)30)26-25(31)32-16-22-20-11-5-3-9-18(20)19-10-4-6-12-21(19)22/h3-6,9-12,17,22H,7-8,13-16H2,1-2H3,(H,26,31)(H,29,30). The molecule has 7 nitrogen and oxygen atoms in total. The van der Waals surface area contributed by atoms with Gasteiger partial charge in [0, 0.05) is 32.0 Å². The summed E-state index contributed by atoms with van der Waals surface area (Å²) in [4.78, 5) is 36.4. The molecule has 1 atom stereocenters. The Morgan fingerprint density at radius 1 is 1.03 bits per heavy atom. The van der Waals surface area contributed by atoms with Gasteiger partial charge >= 0.3 is 12.1 Å². The minimum atomic E-state index is -0.925. The van der Waals surface area contributed by atoms with Gasteiger partial charge in [0.2, 0.25) is 5.91 Å². The highest BCUT2D eigenvalue weighted by Gasteiger charge is 2.29. The lowest BCUT2D eigenvalue weighted by Gasteiger charge is -2.18. The lowest BCUT2D eigenvalue weighted by molar-refractivity contribution is -0.138. The van der Waals surface area contributed by atoms with E-state index in [-0.39, 0.29) is 37.4 Å². The number of carbonyl (C=O) groups excluding carboxylic acids is 2. The molecular formula is C25H30N2O5. The maximum absolute atomic E-state index is 12.3.